The van der Waals surface area contributed by atoms with E-state index in [4.69, 9.17) is 11.6 Å². The number of anilines is 1. The van der Waals surface area contributed by atoms with Crippen molar-refractivity contribution in [3.8, 4) is 11.3 Å². The van der Waals surface area contributed by atoms with Gasteiger partial charge in [0, 0.05) is 22.2 Å². The summed E-state index contributed by atoms with van der Waals surface area (Å²) >= 11 is 7.07. The number of amides is 1. The summed E-state index contributed by atoms with van der Waals surface area (Å²) in [5, 5.41) is 5.23. The number of benzene rings is 1. The van der Waals surface area contributed by atoms with E-state index in [2.05, 4.69) is 15.3 Å². The van der Waals surface area contributed by atoms with Gasteiger partial charge in [0.25, 0.3) is 5.91 Å². The molecule has 1 N–H and O–H groups in total. The molecule has 110 valence electrons. The van der Waals surface area contributed by atoms with Crippen LogP contribution in [0, 0.1) is 5.82 Å². The molecule has 2 aromatic heterocycles. The molecule has 0 aliphatic rings. The standard InChI is InChI=1S/C15H9ClFN3OS/c16-10-4-5-18-12(7-10)14(21)20-15-19-13(8-22-15)9-2-1-3-11(17)6-9/h1-8H,(H,19,20,21). The quantitative estimate of drug-likeness (QED) is 0.779. The summed E-state index contributed by atoms with van der Waals surface area (Å²) in [7, 11) is 0. The third-order valence-electron chi connectivity index (χ3n) is 2.80. The van der Waals surface area contributed by atoms with Crippen molar-refractivity contribution in [1.82, 2.24) is 9.97 Å². The van der Waals surface area contributed by atoms with Crippen LogP contribution >= 0.6 is 22.9 Å². The van der Waals surface area contributed by atoms with Crippen molar-refractivity contribution >= 4 is 34.0 Å². The Balaban J connectivity index is 1.78. The molecule has 22 heavy (non-hydrogen) atoms. The second kappa shape index (κ2) is 6.21. The first-order valence-corrected chi connectivity index (χ1v) is 7.52. The van der Waals surface area contributed by atoms with Crippen LogP contribution in [0.5, 0.6) is 0 Å². The lowest BCUT2D eigenvalue weighted by Gasteiger charge is -2.01. The number of aromatic nitrogens is 2. The van der Waals surface area contributed by atoms with Gasteiger partial charge in [0.2, 0.25) is 0 Å². The van der Waals surface area contributed by atoms with Crippen molar-refractivity contribution in [2.75, 3.05) is 5.32 Å². The molecule has 0 bridgehead atoms. The van der Waals surface area contributed by atoms with Crippen LogP contribution < -0.4 is 5.32 Å². The topological polar surface area (TPSA) is 54.9 Å². The third-order valence-corrected chi connectivity index (χ3v) is 3.79. The molecular weight excluding hydrogens is 325 g/mol. The molecule has 0 spiro atoms. The summed E-state index contributed by atoms with van der Waals surface area (Å²) in [6.07, 6.45) is 1.46. The molecule has 3 rings (SSSR count). The van der Waals surface area contributed by atoms with E-state index in [1.807, 2.05) is 0 Å². The van der Waals surface area contributed by atoms with Crippen molar-refractivity contribution in [1.29, 1.82) is 0 Å². The molecule has 1 amide bonds. The van der Waals surface area contributed by atoms with Crippen LogP contribution in [0.4, 0.5) is 9.52 Å². The van der Waals surface area contributed by atoms with Crippen molar-refractivity contribution in [2.45, 2.75) is 0 Å². The second-order valence-electron chi connectivity index (χ2n) is 4.36. The fourth-order valence-electron chi connectivity index (χ4n) is 1.80. The number of rotatable bonds is 3. The van der Waals surface area contributed by atoms with Gasteiger partial charge in [-0.05, 0) is 24.3 Å². The minimum atomic E-state index is -0.400. The maximum absolute atomic E-state index is 13.2. The van der Waals surface area contributed by atoms with Crippen LogP contribution in [-0.4, -0.2) is 15.9 Å². The molecule has 4 nitrogen and oxygen atoms in total. The lowest BCUT2D eigenvalue weighted by Crippen LogP contribution is -2.13. The highest BCUT2D eigenvalue weighted by Crippen LogP contribution is 2.25. The van der Waals surface area contributed by atoms with Gasteiger partial charge >= 0.3 is 0 Å². The third kappa shape index (κ3) is 3.29. The van der Waals surface area contributed by atoms with Gasteiger partial charge < -0.3 is 0 Å². The van der Waals surface area contributed by atoms with Crippen LogP contribution in [0.2, 0.25) is 5.02 Å². The number of thiazole rings is 1. The van der Waals surface area contributed by atoms with Gasteiger partial charge in [0.1, 0.15) is 11.5 Å². The Morgan fingerprint density at radius 1 is 1.27 bits per heavy atom. The monoisotopic (exact) mass is 333 g/mol. The van der Waals surface area contributed by atoms with Crippen LogP contribution in [0.15, 0.2) is 48.0 Å². The zero-order valence-corrected chi connectivity index (χ0v) is 12.7. The first-order valence-electron chi connectivity index (χ1n) is 6.26. The molecule has 0 aliphatic heterocycles. The molecule has 1 aromatic carbocycles. The summed E-state index contributed by atoms with van der Waals surface area (Å²) in [6.45, 7) is 0. The zero-order valence-electron chi connectivity index (χ0n) is 11.1. The second-order valence-corrected chi connectivity index (χ2v) is 5.66. The summed E-state index contributed by atoms with van der Waals surface area (Å²) in [5.74, 6) is -0.734. The van der Waals surface area contributed by atoms with Crippen molar-refractivity contribution in [3.05, 3.63) is 64.5 Å². The molecule has 0 fully saturated rings. The Hall–Kier alpha value is -2.31. The number of halogens is 2. The summed E-state index contributed by atoms with van der Waals surface area (Å²) in [6, 6.07) is 9.17. The molecule has 2 heterocycles. The minimum Gasteiger partial charge on any atom is -0.296 e. The Labute approximate surface area is 134 Å². The van der Waals surface area contributed by atoms with Crippen LogP contribution in [0.25, 0.3) is 11.3 Å². The summed E-state index contributed by atoms with van der Waals surface area (Å²) < 4.78 is 13.2. The van der Waals surface area contributed by atoms with E-state index in [1.165, 1.54) is 35.7 Å². The number of nitrogens with one attached hydrogen (secondary N) is 1. The van der Waals surface area contributed by atoms with Gasteiger partial charge in [0.05, 0.1) is 5.69 Å². The molecule has 0 aliphatic carbocycles. The first-order chi connectivity index (χ1) is 10.6. The highest BCUT2D eigenvalue weighted by atomic mass is 35.5. The highest BCUT2D eigenvalue weighted by molar-refractivity contribution is 7.14. The molecular formula is C15H9ClFN3OS. The average molecular weight is 334 g/mol. The van der Waals surface area contributed by atoms with Crippen LogP contribution in [0.3, 0.4) is 0 Å². The molecule has 3 aromatic rings. The van der Waals surface area contributed by atoms with E-state index >= 15 is 0 Å². The van der Waals surface area contributed by atoms with Crippen molar-refractivity contribution in [2.24, 2.45) is 0 Å². The normalized spacial score (nSPS) is 10.5. The van der Waals surface area contributed by atoms with E-state index in [0.29, 0.717) is 21.4 Å². The lowest BCUT2D eigenvalue weighted by atomic mass is 10.2. The maximum Gasteiger partial charge on any atom is 0.276 e. The fraction of sp³-hybridized carbons (Fsp3) is 0. The van der Waals surface area contributed by atoms with Crippen LogP contribution in [0.1, 0.15) is 10.5 Å². The van der Waals surface area contributed by atoms with E-state index in [1.54, 1.807) is 23.6 Å². The predicted octanol–water partition coefficient (Wildman–Crippen LogP) is 4.25. The van der Waals surface area contributed by atoms with Crippen molar-refractivity contribution in [3.63, 3.8) is 0 Å². The number of nitrogens with zero attached hydrogens (tertiary/aromatic N) is 2. The number of carbonyl (C=O) groups is 1. The average Bonchev–Trinajstić information content (AvgIpc) is 2.96. The molecule has 0 saturated heterocycles. The number of pyridine rings is 1. The predicted molar refractivity (Wildman–Crippen MR) is 84.7 cm³/mol. The fourth-order valence-corrected chi connectivity index (χ4v) is 2.68. The number of carbonyl (C=O) groups excluding carboxylic acids is 1. The highest BCUT2D eigenvalue weighted by Gasteiger charge is 2.11. The molecule has 0 unspecified atom stereocenters. The smallest absolute Gasteiger partial charge is 0.276 e. The summed E-state index contributed by atoms with van der Waals surface area (Å²) in [5.41, 5.74) is 1.45. The van der Waals surface area contributed by atoms with E-state index in [9.17, 15) is 9.18 Å². The SMILES string of the molecule is O=C(Nc1nc(-c2cccc(F)c2)cs1)c1cc(Cl)ccn1. The van der Waals surface area contributed by atoms with Gasteiger partial charge in [-0.3, -0.25) is 15.1 Å². The van der Waals surface area contributed by atoms with Crippen LogP contribution in [-0.2, 0) is 0 Å². The van der Waals surface area contributed by atoms with E-state index < -0.39 is 5.91 Å². The minimum absolute atomic E-state index is 0.204. The Morgan fingerprint density at radius 3 is 2.91 bits per heavy atom. The van der Waals surface area contributed by atoms with E-state index in [-0.39, 0.29) is 11.5 Å². The first kappa shape index (κ1) is 14.6. The van der Waals surface area contributed by atoms with Gasteiger partial charge in [-0.1, -0.05) is 23.7 Å². The maximum atomic E-state index is 13.2. The Kier molecular flexibility index (Phi) is 4.13. The number of hydrogen-bond donors (Lipinski definition) is 1. The Morgan fingerprint density at radius 2 is 2.14 bits per heavy atom. The molecule has 0 radical (unpaired) electrons. The molecule has 0 atom stereocenters. The zero-order chi connectivity index (χ0) is 15.5. The van der Waals surface area contributed by atoms with E-state index in [0.717, 1.165) is 0 Å². The van der Waals surface area contributed by atoms with Gasteiger partial charge in [-0.2, -0.15) is 0 Å². The van der Waals surface area contributed by atoms with Gasteiger partial charge in [-0.25, -0.2) is 9.37 Å². The molecule has 7 heteroatoms. The lowest BCUT2D eigenvalue weighted by molar-refractivity contribution is 0.102. The summed E-state index contributed by atoms with van der Waals surface area (Å²) in [4.78, 5) is 20.3. The van der Waals surface area contributed by atoms with Crippen molar-refractivity contribution < 1.29 is 9.18 Å². The largest absolute Gasteiger partial charge is 0.296 e. The Bertz CT molecular complexity index is 837. The van der Waals surface area contributed by atoms with Gasteiger partial charge in [0.15, 0.2) is 5.13 Å². The number of hydrogen-bond acceptors (Lipinski definition) is 4. The molecule has 0 saturated carbocycles. The van der Waals surface area contributed by atoms with Gasteiger partial charge in [-0.15, -0.1) is 11.3 Å².